The van der Waals surface area contributed by atoms with Gasteiger partial charge in [-0.25, -0.2) is 4.98 Å². The molecule has 0 aromatic carbocycles. The normalized spacial score (nSPS) is 11.5. The Morgan fingerprint density at radius 1 is 1.50 bits per heavy atom. The number of hydrogen-bond donors (Lipinski definition) is 1. The molecule has 1 N–H and O–H groups in total. The largest absolute Gasteiger partial charge is 0.353 e. The second kappa shape index (κ2) is 7.45. The van der Waals surface area contributed by atoms with E-state index in [0.29, 0.717) is 5.15 Å². The Hall–Kier alpha value is -1.33. The molecule has 0 spiro atoms. The second-order valence-electron chi connectivity index (χ2n) is 4.53. The molecule has 2 heterocycles. The predicted molar refractivity (Wildman–Crippen MR) is 84.3 cm³/mol. The Bertz CT molecular complexity index is 603. The topological polar surface area (TPSA) is 46.4 Å². The van der Waals surface area contributed by atoms with E-state index in [2.05, 4.69) is 17.2 Å². The molecule has 2 rings (SSSR count). The van der Waals surface area contributed by atoms with Crippen LogP contribution in [0.15, 0.2) is 17.7 Å². The van der Waals surface area contributed by atoms with Gasteiger partial charge in [-0.15, -0.1) is 11.3 Å². The number of hydrogen-bond acceptors (Lipinski definition) is 3. The van der Waals surface area contributed by atoms with Crippen LogP contribution in [0.3, 0.4) is 0 Å². The van der Waals surface area contributed by atoms with Crippen molar-refractivity contribution in [1.82, 2.24) is 14.7 Å². The van der Waals surface area contributed by atoms with Crippen molar-refractivity contribution in [3.8, 4) is 0 Å². The molecule has 0 bridgehead atoms. The van der Waals surface area contributed by atoms with Gasteiger partial charge in [0.2, 0.25) is 5.91 Å². The molecule has 4 nitrogen and oxygen atoms in total. The fraction of sp³-hybridized carbons (Fsp3) is 0.429. The van der Waals surface area contributed by atoms with E-state index in [9.17, 15) is 4.79 Å². The summed E-state index contributed by atoms with van der Waals surface area (Å²) in [7, 11) is 0. The molecule has 0 radical (unpaired) electrons. The second-order valence-corrected chi connectivity index (χ2v) is 5.76. The van der Waals surface area contributed by atoms with Gasteiger partial charge >= 0.3 is 0 Å². The van der Waals surface area contributed by atoms with Crippen molar-refractivity contribution in [3.05, 3.63) is 28.5 Å². The average Bonchev–Trinajstić information content (AvgIpc) is 2.97. The van der Waals surface area contributed by atoms with E-state index in [1.807, 2.05) is 16.0 Å². The number of nitrogens with zero attached hydrogens (tertiary/aromatic N) is 2. The van der Waals surface area contributed by atoms with Crippen molar-refractivity contribution in [2.45, 2.75) is 32.6 Å². The van der Waals surface area contributed by atoms with E-state index in [-0.39, 0.29) is 5.91 Å². The highest BCUT2D eigenvalue weighted by molar-refractivity contribution is 7.15. The highest BCUT2D eigenvalue weighted by Gasteiger charge is 2.08. The molecule has 0 fully saturated rings. The van der Waals surface area contributed by atoms with Gasteiger partial charge in [0, 0.05) is 24.2 Å². The lowest BCUT2D eigenvalue weighted by Gasteiger charge is -2.01. The van der Waals surface area contributed by atoms with Crippen molar-refractivity contribution in [3.63, 3.8) is 0 Å². The molecule has 20 heavy (non-hydrogen) atoms. The van der Waals surface area contributed by atoms with Gasteiger partial charge < -0.3 is 5.32 Å². The summed E-state index contributed by atoms with van der Waals surface area (Å²) in [6, 6.07) is 0. The van der Waals surface area contributed by atoms with Crippen molar-refractivity contribution in [1.29, 1.82) is 0 Å². The number of fused-ring (bicyclic) bond motifs is 1. The van der Waals surface area contributed by atoms with Crippen molar-refractivity contribution in [2.75, 3.05) is 6.54 Å². The summed E-state index contributed by atoms with van der Waals surface area (Å²) in [6.07, 6.45) is 9.70. The maximum absolute atomic E-state index is 11.7. The Labute approximate surface area is 127 Å². The first-order chi connectivity index (χ1) is 9.72. The summed E-state index contributed by atoms with van der Waals surface area (Å²) in [5.41, 5.74) is 0.740. The first-order valence-electron chi connectivity index (χ1n) is 6.79. The predicted octanol–water partition coefficient (Wildman–Crippen LogP) is 3.76. The van der Waals surface area contributed by atoms with Crippen LogP contribution in [-0.2, 0) is 4.79 Å². The van der Waals surface area contributed by atoms with Crippen LogP contribution < -0.4 is 5.32 Å². The number of unbranched alkanes of at least 4 members (excludes halogenated alkanes) is 3. The zero-order chi connectivity index (χ0) is 14.4. The van der Waals surface area contributed by atoms with Crippen LogP contribution in [0.25, 0.3) is 11.0 Å². The summed E-state index contributed by atoms with van der Waals surface area (Å²) in [5.74, 6) is -0.0947. The van der Waals surface area contributed by atoms with Gasteiger partial charge in [-0.05, 0) is 12.5 Å². The Kier molecular flexibility index (Phi) is 5.61. The molecule has 2 aromatic heterocycles. The summed E-state index contributed by atoms with van der Waals surface area (Å²) < 4.78 is 1.87. The lowest BCUT2D eigenvalue weighted by atomic mass is 10.2. The monoisotopic (exact) mass is 311 g/mol. The van der Waals surface area contributed by atoms with Crippen LogP contribution >= 0.6 is 22.9 Å². The summed E-state index contributed by atoms with van der Waals surface area (Å²) in [4.78, 5) is 16.7. The van der Waals surface area contributed by atoms with Crippen molar-refractivity contribution in [2.24, 2.45) is 0 Å². The molecule has 0 saturated carbocycles. The van der Waals surface area contributed by atoms with Crippen LogP contribution in [0.1, 0.15) is 38.3 Å². The number of aromatic nitrogens is 2. The lowest BCUT2D eigenvalue weighted by Crippen LogP contribution is -2.21. The average molecular weight is 312 g/mol. The number of imidazole rings is 1. The van der Waals surface area contributed by atoms with Crippen molar-refractivity contribution >= 4 is 39.9 Å². The number of carbonyl (C=O) groups excluding carboxylic acids is 1. The smallest absolute Gasteiger partial charge is 0.244 e. The number of amides is 1. The van der Waals surface area contributed by atoms with Crippen LogP contribution in [0, 0.1) is 0 Å². The summed E-state index contributed by atoms with van der Waals surface area (Å²) in [5, 5.41) is 5.22. The number of thiazole rings is 1. The van der Waals surface area contributed by atoms with E-state index < -0.39 is 0 Å². The van der Waals surface area contributed by atoms with Gasteiger partial charge in [0.25, 0.3) is 0 Å². The molecule has 108 valence electrons. The lowest BCUT2D eigenvalue weighted by molar-refractivity contribution is -0.116. The van der Waals surface area contributed by atoms with E-state index in [1.165, 1.54) is 30.3 Å². The Morgan fingerprint density at radius 2 is 2.35 bits per heavy atom. The minimum absolute atomic E-state index is 0.0947. The van der Waals surface area contributed by atoms with Gasteiger partial charge in [0.1, 0.15) is 0 Å². The molecule has 2 aromatic rings. The SMILES string of the molecule is CCCCCCNC(=O)/C=C/c1c(Cl)nc2sccn12. The number of halogens is 1. The van der Waals surface area contributed by atoms with Gasteiger partial charge in [-0.2, -0.15) is 0 Å². The maximum atomic E-state index is 11.7. The molecular weight excluding hydrogens is 294 g/mol. The quantitative estimate of drug-likeness (QED) is 0.625. The zero-order valence-corrected chi connectivity index (χ0v) is 13.0. The molecule has 0 saturated heterocycles. The van der Waals surface area contributed by atoms with Crippen LogP contribution in [0.2, 0.25) is 5.15 Å². The Balaban J connectivity index is 1.87. The zero-order valence-electron chi connectivity index (χ0n) is 11.4. The maximum Gasteiger partial charge on any atom is 0.244 e. The number of carbonyl (C=O) groups is 1. The molecule has 6 heteroatoms. The van der Waals surface area contributed by atoms with Crippen molar-refractivity contribution < 1.29 is 4.79 Å². The third kappa shape index (κ3) is 3.84. The van der Waals surface area contributed by atoms with E-state index >= 15 is 0 Å². The van der Waals surface area contributed by atoms with E-state index in [0.717, 1.165) is 30.0 Å². The molecule has 0 unspecified atom stereocenters. The fourth-order valence-electron chi connectivity index (χ4n) is 1.90. The molecule has 1 amide bonds. The molecular formula is C14H18ClN3OS. The highest BCUT2D eigenvalue weighted by atomic mass is 35.5. The molecule has 0 aliphatic rings. The highest BCUT2D eigenvalue weighted by Crippen LogP contribution is 2.22. The molecule has 0 atom stereocenters. The van der Waals surface area contributed by atoms with Crippen LogP contribution in [-0.4, -0.2) is 21.8 Å². The first kappa shape index (κ1) is 15.1. The van der Waals surface area contributed by atoms with Crippen LogP contribution in [0.4, 0.5) is 0 Å². The number of nitrogens with one attached hydrogen (secondary N) is 1. The fourth-order valence-corrected chi connectivity index (χ4v) is 2.91. The first-order valence-corrected chi connectivity index (χ1v) is 8.05. The number of rotatable bonds is 7. The van der Waals surface area contributed by atoms with E-state index in [1.54, 1.807) is 6.08 Å². The van der Waals surface area contributed by atoms with Gasteiger partial charge in [-0.1, -0.05) is 37.8 Å². The summed E-state index contributed by atoms with van der Waals surface area (Å²) in [6.45, 7) is 2.89. The van der Waals surface area contributed by atoms with Gasteiger partial charge in [0.15, 0.2) is 10.1 Å². The third-order valence-corrected chi connectivity index (χ3v) is 4.01. The minimum atomic E-state index is -0.0947. The van der Waals surface area contributed by atoms with Crippen LogP contribution in [0.5, 0.6) is 0 Å². The third-order valence-electron chi connectivity index (χ3n) is 2.98. The standard InChI is InChI=1S/C14H18ClN3OS/c1-2-3-4-5-8-16-12(19)7-6-11-13(15)17-14-18(11)9-10-20-14/h6-7,9-10H,2-5,8H2,1H3,(H,16,19)/b7-6+. The van der Waals surface area contributed by atoms with E-state index in [4.69, 9.17) is 11.6 Å². The summed E-state index contributed by atoms with van der Waals surface area (Å²) >= 11 is 7.56. The minimum Gasteiger partial charge on any atom is -0.353 e. The van der Waals surface area contributed by atoms with Gasteiger partial charge in [-0.3, -0.25) is 9.20 Å². The molecule has 0 aliphatic heterocycles. The molecule has 0 aliphatic carbocycles. The van der Waals surface area contributed by atoms with Gasteiger partial charge in [0.05, 0.1) is 5.69 Å². The Morgan fingerprint density at radius 3 is 3.15 bits per heavy atom.